The maximum Gasteiger partial charge on any atom is 0.229 e. The third-order valence-corrected chi connectivity index (χ3v) is 2.48. The SMILES string of the molecule is Nc1ccnc(Nc2cccc(-c3ncco3)c2)n1. The highest BCUT2D eigenvalue weighted by atomic mass is 16.3. The molecule has 2 heterocycles. The molecule has 0 unspecified atom stereocenters. The lowest BCUT2D eigenvalue weighted by atomic mass is 10.2. The van der Waals surface area contributed by atoms with Crippen molar-refractivity contribution in [2.75, 3.05) is 11.1 Å². The van der Waals surface area contributed by atoms with Crippen molar-refractivity contribution < 1.29 is 4.42 Å². The topological polar surface area (TPSA) is 89.9 Å². The Morgan fingerprint density at radius 2 is 2.05 bits per heavy atom. The standard InChI is InChI=1S/C13H11N5O/c14-11-4-5-16-13(18-11)17-10-3-1-2-9(8-10)12-15-6-7-19-12/h1-8H,(H3,14,16,17,18). The van der Waals surface area contributed by atoms with Crippen LogP contribution < -0.4 is 11.1 Å². The molecule has 0 spiro atoms. The Bertz CT molecular complexity index is 681. The minimum atomic E-state index is 0.418. The van der Waals surface area contributed by atoms with Crippen molar-refractivity contribution in [1.82, 2.24) is 15.0 Å². The van der Waals surface area contributed by atoms with Gasteiger partial charge in [-0.25, -0.2) is 9.97 Å². The van der Waals surface area contributed by atoms with Gasteiger partial charge in [0.1, 0.15) is 12.1 Å². The van der Waals surface area contributed by atoms with Crippen LogP contribution in [0.2, 0.25) is 0 Å². The molecule has 0 radical (unpaired) electrons. The quantitative estimate of drug-likeness (QED) is 0.745. The number of benzene rings is 1. The van der Waals surface area contributed by atoms with E-state index in [1.54, 1.807) is 18.5 Å². The summed E-state index contributed by atoms with van der Waals surface area (Å²) in [6.07, 6.45) is 4.75. The van der Waals surface area contributed by atoms with Crippen LogP contribution in [0.5, 0.6) is 0 Å². The van der Waals surface area contributed by atoms with Gasteiger partial charge in [0.05, 0.1) is 6.20 Å². The molecular formula is C13H11N5O. The lowest BCUT2D eigenvalue weighted by molar-refractivity contribution is 0.574. The van der Waals surface area contributed by atoms with Crippen LogP contribution >= 0.6 is 0 Å². The Morgan fingerprint density at radius 1 is 1.11 bits per heavy atom. The van der Waals surface area contributed by atoms with E-state index in [1.165, 1.54) is 6.26 Å². The molecule has 0 amide bonds. The van der Waals surface area contributed by atoms with Crippen LogP contribution in [0.1, 0.15) is 0 Å². The predicted octanol–water partition coefficient (Wildman–Crippen LogP) is 2.46. The maximum absolute atomic E-state index is 5.60. The van der Waals surface area contributed by atoms with Gasteiger partial charge in [-0.05, 0) is 24.3 Å². The number of nitrogens with two attached hydrogens (primary N) is 1. The number of nitrogen functional groups attached to an aromatic ring is 1. The molecular weight excluding hydrogens is 242 g/mol. The van der Waals surface area contributed by atoms with Gasteiger partial charge in [0, 0.05) is 17.4 Å². The highest BCUT2D eigenvalue weighted by molar-refractivity contribution is 5.64. The molecule has 3 N–H and O–H groups in total. The fourth-order valence-corrected chi connectivity index (χ4v) is 1.66. The van der Waals surface area contributed by atoms with E-state index >= 15 is 0 Å². The number of hydrogen-bond acceptors (Lipinski definition) is 6. The van der Waals surface area contributed by atoms with E-state index in [2.05, 4.69) is 20.3 Å². The van der Waals surface area contributed by atoms with E-state index in [0.29, 0.717) is 17.7 Å². The van der Waals surface area contributed by atoms with Crippen LogP contribution in [0.25, 0.3) is 11.5 Å². The van der Waals surface area contributed by atoms with E-state index in [4.69, 9.17) is 10.2 Å². The molecule has 0 bridgehead atoms. The van der Waals surface area contributed by atoms with Crippen molar-refractivity contribution in [3.63, 3.8) is 0 Å². The molecule has 0 atom stereocenters. The van der Waals surface area contributed by atoms with Gasteiger partial charge < -0.3 is 15.5 Å². The Morgan fingerprint density at radius 3 is 2.84 bits per heavy atom. The minimum Gasteiger partial charge on any atom is -0.445 e. The third kappa shape index (κ3) is 2.52. The molecule has 0 aliphatic rings. The normalized spacial score (nSPS) is 10.3. The van der Waals surface area contributed by atoms with Gasteiger partial charge >= 0.3 is 0 Å². The van der Waals surface area contributed by atoms with E-state index in [1.807, 2.05) is 24.3 Å². The summed E-state index contributed by atoms with van der Waals surface area (Å²) in [6, 6.07) is 9.25. The molecule has 2 aromatic heterocycles. The van der Waals surface area contributed by atoms with Gasteiger partial charge in [0.15, 0.2) is 0 Å². The molecule has 19 heavy (non-hydrogen) atoms. The number of hydrogen-bond donors (Lipinski definition) is 2. The average molecular weight is 253 g/mol. The summed E-state index contributed by atoms with van der Waals surface area (Å²) in [7, 11) is 0. The average Bonchev–Trinajstić information content (AvgIpc) is 2.93. The van der Waals surface area contributed by atoms with Gasteiger partial charge in [0.2, 0.25) is 11.8 Å². The second-order valence-corrected chi connectivity index (χ2v) is 3.85. The summed E-state index contributed by atoms with van der Waals surface area (Å²) in [5.41, 5.74) is 7.31. The van der Waals surface area contributed by atoms with Crippen LogP contribution in [0.4, 0.5) is 17.5 Å². The zero-order valence-electron chi connectivity index (χ0n) is 9.95. The first-order chi connectivity index (χ1) is 9.31. The molecule has 6 nitrogen and oxygen atoms in total. The molecule has 0 aliphatic heterocycles. The first-order valence-electron chi connectivity index (χ1n) is 5.67. The Balaban J connectivity index is 1.88. The summed E-state index contributed by atoms with van der Waals surface area (Å²) in [4.78, 5) is 12.3. The molecule has 0 aliphatic carbocycles. The summed E-state index contributed by atoms with van der Waals surface area (Å²) < 4.78 is 5.25. The second-order valence-electron chi connectivity index (χ2n) is 3.85. The third-order valence-electron chi connectivity index (χ3n) is 2.48. The number of anilines is 3. The van der Waals surface area contributed by atoms with Gasteiger partial charge in [-0.2, -0.15) is 4.98 Å². The van der Waals surface area contributed by atoms with Crippen molar-refractivity contribution in [2.45, 2.75) is 0 Å². The highest BCUT2D eigenvalue weighted by Gasteiger charge is 2.04. The number of oxazole rings is 1. The van der Waals surface area contributed by atoms with E-state index in [9.17, 15) is 0 Å². The fraction of sp³-hybridized carbons (Fsp3) is 0. The molecule has 3 rings (SSSR count). The van der Waals surface area contributed by atoms with Crippen molar-refractivity contribution in [3.05, 3.63) is 49.0 Å². The minimum absolute atomic E-state index is 0.418. The Kier molecular flexibility index (Phi) is 2.82. The summed E-state index contributed by atoms with van der Waals surface area (Å²) in [5.74, 6) is 1.43. The van der Waals surface area contributed by atoms with Crippen LogP contribution in [-0.2, 0) is 0 Å². The number of nitrogens with zero attached hydrogens (tertiary/aromatic N) is 3. The monoisotopic (exact) mass is 253 g/mol. The molecule has 0 saturated carbocycles. The van der Waals surface area contributed by atoms with E-state index in [0.717, 1.165) is 11.3 Å². The summed E-state index contributed by atoms with van der Waals surface area (Å²) in [6.45, 7) is 0. The van der Waals surface area contributed by atoms with Gasteiger partial charge in [-0.1, -0.05) is 6.07 Å². The molecule has 0 fully saturated rings. The van der Waals surface area contributed by atoms with Crippen LogP contribution in [0.15, 0.2) is 53.4 Å². The van der Waals surface area contributed by atoms with Crippen LogP contribution in [-0.4, -0.2) is 15.0 Å². The molecule has 1 aromatic carbocycles. The first kappa shape index (κ1) is 11.2. The van der Waals surface area contributed by atoms with Crippen LogP contribution in [0.3, 0.4) is 0 Å². The van der Waals surface area contributed by atoms with Crippen molar-refractivity contribution in [2.24, 2.45) is 0 Å². The Labute approximate surface area is 109 Å². The van der Waals surface area contributed by atoms with Gasteiger partial charge in [0.25, 0.3) is 0 Å². The Hall–Kier alpha value is -2.89. The second kappa shape index (κ2) is 4.77. The number of nitrogens with one attached hydrogen (secondary N) is 1. The maximum atomic E-state index is 5.60. The summed E-state index contributed by atoms with van der Waals surface area (Å²) in [5, 5.41) is 3.08. The van der Waals surface area contributed by atoms with Crippen LogP contribution in [0, 0.1) is 0 Å². The van der Waals surface area contributed by atoms with E-state index < -0.39 is 0 Å². The highest BCUT2D eigenvalue weighted by Crippen LogP contribution is 2.22. The summed E-state index contributed by atoms with van der Waals surface area (Å²) >= 11 is 0. The smallest absolute Gasteiger partial charge is 0.229 e. The lowest BCUT2D eigenvalue weighted by Crippen LogP contribution is -1.99. The first-order valence-corrected chi connectivity index (χ1v) is 5.67. The lowest BCUT2D eigenvalue weighted by Gasteiger charge is -2.05. The van der Waals surface area contributed by atoms with Crippen molar-refractivity contribution in [3.8, 4) is 11.5 Å². The van der Waals surface area contributed by atoms with Gasteiger partial charge in [-0.15, -0.1) is 0 Å². The zero-order chi connectivity index (χ0) is 13.1. The number of rotatable bonds is 3. The molecule has 0 saturated heterocycles. The predicted molar refractivity (Wildman–Crippen MR) is 71.7 cm³/mol. The number of aromatic nitrogens is 3. The molecule has 6 heteroatoms. The largest absolute Gasteiger partial charge is 0.445 e. The fourth-order valence-electron chi connectivity index (χ4n) is 1.66. The van der Waals surface area contributed by atoms with E-state index in [-0.39, 0.29) is 0 Å². The zero-order valence-corrected chi connectivity index (χ0v) is 9.95. The van der Waals surface area contributed by atoms with Gasteiger partial charge in [-0.3, -0.25) is 0 Å². The molecule has 94 valence electrons. The van der Waals surface area contributed by atoms with Crippen molar-refractivity contribution >= 4 is 17.5 Å². The molecule has 3 aromatic rings. The van der Waals surface area contributed by atoms with Crippen molar-refractivity contribution in [1.29, 1.82) is 0 Å².